The Kier molecular flexibility index (Phi) is 5.74. The molecule has 0 spiro atoms. The summed E-state index contributed by atoms with van der Waals surface area (Å²) in [6, 6.07) is 15.2. The zero-order chi connectivity index (χ0) is 19.7. The van der Waals surface area contributed by atoms with Gasteiger partial charge in [-0.1, -0.05) is 62.4 Å². The standard InChI is InChI=1S/C23H30O3/c1-15(17-7-11-19(12-8-17)22(3,4)25)21(24)16(2)18-9-13-20(14-10-18)23(5,6)26/h7-16,25-26H,1-6H3. The van der Waals surface area contributed by atoms with Crippen LogP contribution in [0.1, 0.15) is 75.6 Å². The van der Waals surface area contributed by atoms with Crippen molar-refractivity contribution >= 4 is 5.78 Å². The Morgan fingerprint density at radius 3 is 1.19 bits per heavy atom. The highest BCUT2D eigenvalue weighted by atomic mass is 16.3. The highest BCUT2D eigenvalue weighted by molar-refractivity contribution is 5.91. The number of Topliss-reactive ketones (excluding diaryl/α,β-unsaturated/α-hetero) is 1. The SMILES string of the molecule is CC(C(=O)C(C)c1ccc(C(C)(C)O)cc1)c1ccc(C(C)(C)O)cc1. The first-order valence-corrected chi connectivity index (χ1v) is 9.10. The Labute approximate surface area is 156 Å². The summed E-state index contributed by atoms with van der Waals surface area (Å²) in [5.74, 6) is -0.304. The Morgan fingerprint density at radius 1 is 0.692 bits per heavy atom. The molecule has 26 heavy (non-hydrogen) atoms. The predicted octanol–water partition coefficient (Wildman–Crippen LogP) is 4.62. The van der Waals surface area contributed by atoms with E-state index >= 15 is 0 Å². The van der Waals surface area contributed by atoms with Crippen molar-refractivity contribution in [1.82, 2.24) is 0 Å². The summed E-state index contributed by atoms with van der Waals surface area (Å²) in [6.45, 7) is 10.8. The fourth-order valence-corrected chi connectivity index (χ4v) is 3.06. The molecule has 0 bridgehead atoms. The van der Waals surface area contributed by atoms with Gasteiger partial charge in [-0.25, -0.2) is 0 Å². The van der Waals surface area contributed by atoms with Crippen molar-refractivity contribution in [1.29, 1.82) is 0 Å². The first-order chi connectivity index (χ1) is 11.9. The van der Waals surface area contributed by atoms with Crippen molar-refractivity contribution in [3.05, 3.63) is 70.8 Å². The second-order valence-corrected chi connectivity index (χ2v) is 8.21. The number of benzene rings is 2. The summed E-state index contributed by atoms with van der Waals surface area (Å²) in [5, 5.41) is 20.1. The molecular formula is C23H30O3. The van der Waals surface area contributed by atoms with E-state index in [1.165, 1.54) is 0 Å². The maximum absolute atomic E-state index is 12.9. The first-order valence-electron chi connectivity index (χ1n) is 9.10. The lowest BCUT2D eigenvalue weighted by Gasteiger charge is -2.21. The van der Waals surface area contributed by atoms with Gasteiger partial charge in [-0.3, -0.25) is 4.79 Å². The molecule has 140 valence electrons. The van der Waals surface area contributed by atoms with Crippen molar-refractivity contribution in [2.45, 2.75) is 64.6 Å². The van der Waals surface area contributed by atoms with Crippen molar-refractivity contribution in [2.24, 2.45) is 0 Å². The maximum Gasteiger partial charge on any atom is 0.147 e. The highest BCUT2D eigenvalue weighted by Gasteiger charge is 2.24. The molecule has 0 saturated heterocycles. The topological polar surface area (TPSA) is 57.5 Å². The molecule has 0 heterocycles. The predicted molar refractivity (Wildman–Crippen MR) is 105 cm³/mol. The van der Waals surface area contributed by atoms with Crippen molar-refractivity contribution in [3.63, 3.8) is 0 Å². The van der Waals surface area contributed by atoms with Crippen LogP contribution in [0.3, 0.4) is 0 Å². The van der Waals surface area contributed by atoms with E-state index < -0.39 is 11.2 Å². The second-order valence-electron chi connectivity index (χ2n) is 8.21. The molecule has 2 atom stereocenters. The largest absolute Gasteiger partial charge is 0.386 e. The maximum atomic E-state index is 12.9. The van der Waals surface area contributed by atoms with Crippen LogP contribution in [-0.4, -0.2) is 16.0 Å². The molecule has 2 rings (SSSR count). The molecule has 2 aromatic carbocycles. The minimum atomic E-state index is -0.888. The molecule has 0 aromatic heterocycles. The quantitative estimate of drug-likeness (QED) is 0.796. The molecule has 2 aromatic rings. The molecule has 3 heteroatoms. The van der Waals surface area contributed by atoms with Crippen LogP contribution >= 0.6 is 0 Å². The molecule has 0 aliphatic rings. The molecule has 2 unspecified atom stereocenters. The van der Waals surface area contributed by atoms with Gasteiger partial charge in [0.05, 0.1) is 11.2 Å². The van der Waals surface area contributed by atoms with Gasteiger partial charge in [0.1, 0.15) is 5.78 Å². The molecule has 3 nitrogen and oxygen atoms in total. The molecule has 0 amide bonds. The molecule has 2 N–H and O–H groups in total. The van der Waals surface area contributed by atoms with Gasteiger partial charge >= 0.3 is 0 Å². The number of carbonyl (C=O) groups excluding carboxylic acids is 1. The van der Waals surface area contributed by atoms with Gasteiger partial charge in [-0.2, -0.15) is 0 Å². The van der Waals surface area contributed by atoms with Gasteiger partial charge < -0.3 is 10.2 Å². The van der Waals surface area contributed by atoms with E-state index in [2.05, 4.69) is 0 Å². The molecule has 0 fully saturated rings. The van der Waals surface area contributed by atoms with Gasteiger partial charge in [0.15, 0.2) is 0 Å². The van der Waals surface area contributed by atoms with E-state index in [-0.39, 0.29) is 17.6 Å². The molecule has 0 saturated carbocycles. The van der Waals surface area contributed by atoms with Crippen molar-refractivity contribution in [3.8, 4) is 0 Å². The number of carbonyl (C=O) groups is 1. The summed E-state index contributed by atoms with van der Waals surface area (Å²) in [6.07, 6.45) is 0. The van der Waals surface area contributed by atoms with Gasteiger partial charge in [0.2, 0.25) is 0 Å². The van der Waals surface area contributed by atoms with E-state index in [0.717, 1.165) is 22.3 Å². The van der Waals surface area contributed by atoms with E-state index in [1.807, 2.05) is 62.4 Å². The lowest BCUT2D eigenvalue weighted by Crippen LogP contribution is -2.19. The Hall–Kier alpha value is -1.97. The zero-order valence-corrected chi connectivity index (χ0v) is 16.6. The third kappa shape index (κ3) is 4.60. The fraction of sp³-hybridized carbons (Fsp3) is 0.435. The summed E-state index contributed by atoms with van der Waals surface area (Å²) in [4.78, 5) is 12.9. The Morgan fingerprint density at radius 2 is 0.962 bits per heavy atom. The van der Waals surface area contributed by atoms with Gasteiger partial charge in [-0.15, -0.1) is 0 Å². The molecule has 0 aliphatic carbocycles. The summed E-state index contributed by atoms with van der Waals surface area (Å²) >= 11 is 0. The monoisotopic (exact) mass is 354 g/mol. The van der Waals surface area contributed by atoms with E-state index in [9.17, 15) is 15.0 Å². The average molecular weight is 354 g/mol. The van der Waals surface area contributed by atoms with Gasteiger partial charge in [0.25, 0.3) is 0 Å². The number of rotatable bonds is 6. The Balaban J connectivity index is 2.16. The lowest BCUT2D eigenvalue weighted by molar-refractivity contribution is -0.121. The van der Waals surface area contributed by atoms with Crippen LogP contribution < -0.4 is 0 Å². The van der Waals surface area contributed by atoms with Crippen LogP contribution in [0, 0.1) is 0 Å². The highest BCUT2D eigenvalue weighted by Crippen LogP contribution is 2.29. The van der Waals surface area contributed by atoms with Crippen LogP contribution in [0.2, 0.25) is 0 Å². The van der Waals surface area contributed by atoms with Crippen LogP contribution in [0.15, 0.2) is 48.5 Å². The summed E-state index contributed by atoms with van der Waals surface area (Å²) in [5.41, 5.74) is 1.78. The van der Waals surface area contributed by atoms with E-state index in [4.69, 9.17) is 0 Å². The minimum absolute atomic E-state index is 0.150. The number of aliphatic hydroxyl groups is 2. The fourth-order valence-electron chi connectivity index (χ4n) is 3.06. The van der Waals surface area contributed by atoms with Gasteiger partial charge in [0, 0.05) is 11.8 Å². The molecular weight excluding hydrogens is 324 g/mol. The smallest absolute Gasteiger partial charge is 0.147 e. The number of ketones is 1. The van der Waals surface area contributed by atoms with Crippen LogP contribution in [0.25, 0.3) is 0 Å². The van der Waals surface area contributed by atoms with Crippen molar-refractivity contribution in [2.75, 3.05) is 0 Å². The Bertz CT molecular complexity index is 679. The van der Waals surface area contributed by atoms with Gasteiger partial charge in [-0.05, 0) is 49.9 Å². The second kappa shape index (κ2) is 7.34. The van der Waals surface area contributed by atoms with E-state index in [0.29, 0.717) is 0 Å². The molecule has 0 radical (unpaired) electrons. The van der Waals surface area contributed by atoms with Crippen LogP contribution in [-0.2, 0) is 16.0 Å². The van der Waals surface area contributed by atoms with Crippen LogP contribution in [0.4, 0.5) is 0 Å². The minimum Gasteiger partial charge on any atom is -0.386 e. The van der Waals surface area contributed by atoms with Crippen LogP contribution in [0.5, 0.6) is 0 Å². The average Bonchev–Trinajstić information content (AvgIpc) is 2.58. The zero-order valence-electron chi connectivity index (χ0n) is 16.6. The number of hydrogen-bond donors (Lipinski definition) is 2. The molecule has 0 aliphatic heterocycles. The first kappa shape index (κ1) is 20.3. The van der Waals surface area contributed by atoms with Crippen molar-refractivity contribution < 1.29 is 15.0 Å². The normalized spacial score (nSPS) is 14.8. The third-order valence-electron chi connectivity index (χ3n) is 5.09. The summed E-state index contributed by atoms with van der Waals surface area (Å²) in [7, 11) is 0. The van der Waals surface area contributed by atoms with E-state index in [1.54, 1.807) is 27.7 Å². The summed E-state index contributed by atoms with van der Waals surface area (Å²) < 4.78 is 0. The third-order valence-corrected chi connectivity index (χ3v) is 5.09. The number of hydrogen-bond acceptors (Lipinski definition) is 3. The lowest BCUT2D eigenvalue weighted by atomic mass is 9.84.